The fourth-order valence-corrected chi connectivity index (χ4v) is 2.55. The van der Waals surface area contributed by atoms with Crippen LogP contribution in [0.15, 0.2) is 54.6 Å². The van der Waals surface area contributed by atoms with Crippen molar-refractivity contribution in [2.24, 2.45) is 0 Å². The number of aryl methyl sites for hydroxylation is 1. The van der Waals surface area contributed by atoms with Crippen molar-refractivity contribution in [3.63, 3.8) is 0 Å². The first-order chi connectivity index (χ1) is 10.7. The minimum Gasteiger partial charge on any atom is -0.497 e. The van der Waals surface area contributed by atoms with Gasteiger partial charge < -0.3 is 9.72 Å². The van der Waals surface area contributed by atoms with Crippen LogP contribution in [-0.4, -0.2) is 17.1 Å². The molecule has 3 nitrogen and oxygen atoms in total. The zero-order valence-corrected chi connectivity index (χ0v) is 13.0. The van der Waals surface area contributed by atoms with Crippen molar-refractivity contribution in [3.05, 3.63) is 82.9 Å². The van der Waals surface area contributed by atoms with Gasteiger partial charge in [-0.05, 0) is 30.2 Å². The first-order valence-electron chi connectivity index (χ1n) is 7.46. The Labute approximate surface area is 131 Å². The van der Waals surface area contributed by atoms with Crippen LogP contribution in [0.25, 0.3) is 0 Å². The number of aromatic amines is 1. The summed E-state index contributed by atoms with van der Waals surface area (Å²) in [4.78, 5) is 8.16. The minimum absolute atomic E-state index is 0.834. The Hall–Kier alpha value is -2.55. The van der Waals surface area contributed by atoms with Crippen LogP contribution in [0.1, 0.15) is 28.3 Å². The maximum Gasteiger partial charge on any atom is 0.118 e. The molecule has 112 valence electrons. The molecule has 0 unspecified atom stereocenters. The number of hydrogen-bond acceptors (Lipinski definition) is 2. The van der Waals surface area contributed by atoms with Crippen LogP contribution in [-0.2, 0) is 12.8 Å². The Balaban J connectivity index is 1.74. The van der Waals surface area contributed by atoms with Gasteiger partial charge >= 0.3 is 0 Å². The molecule has 0 aliphatic rings. The highest BCUT2D eigenvalue weighted by Crippen LogP contribution is 2.17. The zero-order valence-electron chi connectivity index (χ0n) is 13.0. The number of hydrogen-bond donors (Lipinski definition) is 1. The molecule has 1 aromatic heterocycles. The highest BCUT2D eigenvalue weighted by molar-refractivity contribution is 5.31. The lowest BCUT2D eigenvalue weighted by Gasteiger charge is -2.02. The summed E-state index contributed by atoms with van der Waals surface area (Å²) in [6.07, 6.45) is 1.67. The van der Waals surface area contributed by atoms with Gasteiger partial charge in [-0.15, -0.1) is 0 Å². The van der Waals surface area contributed by atoms with Crippen molar-refractivity contribution < 1.29 is 4.74 Å². The van der Waals surface area contributed by atoms with E-state index >= 15 is 0 Å². The van der Waals surface area contributed by atoms with Crippen LogP contribution in [0.5, 0.6) is 5.75 Å². The SMILES string of the molecule is COc1ccc(Cc2nc(Cc3ccccc3)[nH]c2C)cc1. The van der Waals surface area contributed by atoms with E-state index in [4.69, 9.17) is 9.72 Å². The van der Waals surface area contributed by atoms with E-state index < -0.39 is 0 Å². The van der Waals surface area contributed by atoms with Crippen LogP contribution in [0.3, 0.4) is 0 Å². The number of rotatable bonds is 5. The number of H-pyrrole nitrogens is 1. The van der Waals surface area contributed by atoms with E-state index in [-0.39, 0.29) is 0 Å². The van der Waals surface area contributed by atoms with E-state index in [9.17, 15) is 0 Å². The second kappa shape index (κ2) is 6.48. The van der Waals surface area contributed by atoms with Gasteiger partial charge in [-0.2, -0.15) is 0 Å². The summed E-state index contributed by atoms with van der Waals surface area (Å²) in [6.45, 7) is 2.08. The number of ether oxygens (including phenoxy) is 1. The van der Waals surface area contributed by atoms with Crippen molar-refractivity contribution in [2.75, 3.05) is 7.11 Å². The standard InChI is InChI=1S/C19H20N2O/c1-14-18(12-16-8-10-17(22-2)11-9-16)21-19(20-14)13-15-6-4-3-5-7-15/h3-11H,12-13H2,1-2H3,(H,20,21). The number of methoxy groups -OCH3 is 1. The number of benzene rings is 2. The molecule has 0 amide bonds. The third kappa shape index (κ3) is 3.37. The van der Waals surface area contributed by atoms with Crippen LogP contribution >= 0.6 is 0 Å². The van der Waals surface area contributed by atoms with Gasteiger partial charge in [-0.25, -0.2) is 4.98 Å². The molecule has 2 aromatic carbocycles. The van der Waals surface area contributed by atoms with E-state index in [1.165, 1.54) is 11.1 Å². The predicted octanol–water partition coefficient (Wildman–Crippen LogP) is 3.91. The molecule has 1 heterocycles. The van der Waals surface area contributed by atoms with Crippen molar-refractivity contribution >= 4 is 0 Å². The molecule has 0 aliphatic heterocycles. The fraction of sp³-hybridized carbons (Fsp3) is 0.211. The Bertz CT molecular complexity index is 730. The number of aromatic nitrogens is 2. The second-order valence-electron chi connectivity index (χ2n) is 5.44. The molecular weight excluding hydrogens is 272 g/mol. The third-order valence-electron chi connectivity index (χ3n) is 3.78. The average molecular weight is 292 g/mol. The number of nitrogens with one attached hydrogen (secondary N) is 1. The maximum absolute atomic E-state index is 5.19. The van der Waals surface area contributed by atoms with Gasteiger partial charge in [-0.3, -0.25) is 0 Å². The molecule has 0 bridgehead atoms. The molecule has 0 saturated carbocycles. The Kier molecular flexibility index (Phi) is 4.24. The molecule has 3 heteroatoms. The summed E-state index contributed by atoms with van der Waals surface area (Å²) in [5.41, 5.74) is 4.76. The summed E-state index contributed by atoms with van der Waals surface area (Å²) >= 11 is 0. The van der Waals surface area contributed by atoms with E-state index in [0.717, 1.165) is 35.8 Å². The first-order valence-corrected chi connectivity index (χ1v) is 7.46. The lowest BCUT2D eigenvalue weighted by molar-refractivity contribution is 0.414. The quantitative estimate of drug-likeness (QED) is 0.774. The molecule has 1 N–H and O–H groups in total. The second-order valence-corrected chi connectivity index (χ2v) is 5.44. The normalized spacial score (nSPS) is 10.6. The van der Waals surface area contributed by atoms with Crippen molar-refractivity contribution in [1.82, 2.24) is 9.97 Å². The molecule has 0 saturated heterocycles. The highest BCUT2D eigenvalue weighted by atomic mass is 16.5. The zero-order chi connectivity index (χ0) is 15.4. The molecule has 0 radical (unpaired) electrons. The van der Waals surface area contributed by atoms with Crippen LogP contribution in [0.2, 0.25) is 0 Å². The van der Waals surface area contributed by atoms with Crippen molar-refractivity contribution in [1.29, 1.82) is 0 Å². The van der Waals surface area contributed by atoms with E-state index in [2.05, 4.69) is 48.3 Å². The molecule has 3 aromatic rings. The van der Waals surface area contributed by atoms with Gasteiger partial charge in [0.25, 0.3) is 0 Å². The molecule has 22 heavy (non-hydrogen) atoms. The monoisotopic (exact) mass is 292 g/mol. The van der Waals surface area contributed by atoms with Gasteiger partial charge in [0.2, 0.25) is 0 Å². The lowest BCUT2D eigenvalue weighted by Crippen LogP contribution is -1.93. The molecule has 0 spiro atoms. The van der Waals surface area contributed by atoms with E-state index in [0.29, 0.717) is 0 Å². The fourth-order valence-electron chi connectivity index (χ4n) is 2.55. The topological polar surface area (TPSA) is 37.9 Å². The third-order valence-corrected chi connectivity index (χ3v) is 3.78. The Morgan fingerprint density at radius 3 is 2.27 bits per heavy atom. The summed E-state index contributed by atoms with van der Waals surface area (Å²) in [5.74, 6) is 1.90. The minimum atomic E-state index is 0.834. The van der Waals surface area contributed by atoms with Gasteiger partial charge in [0.1, 0.15) is 11.6 Å². The van der Waals surface area contributed by atoms with Crippen LogP contribution in [0.4, 0.5) is 0 Å². The van der Waals surface area contributed by atoms with E-state index in [1.807, 2.05) is 18.2 Å². The van der Waals surface area contributed by atoms with Crippen LogP contribution in [0, 0.1) is 6.92 Å². The number of nitrogens with zero attached hydrogens (tertiary/aromatic N) is 1. The largest absolute Gasteiger partial charge is 0.497 e. The number of imidazole rings is 1. The molecule has 0 aliphatic carbocycles. The predicted molar refractivity (Wildman–Crippen MR) is 88.4 cm³/mol. The Morgan fingerprint density at radius 2 is 1.59 bits per heavy atom. The summed E-state index contributed by atoms with van der Waals surface area (Å²) < 4.78 is 5.19. The Morgan fingerprint density at radius 1 is 0.909 bits per heavy atom. The smallest absolute Gasteiger partial charge is 0.118 e. The molecule has 0 fully saturated rings. The summed E-state index contributed by atoms with van der Waals surface area (Å²) in [7, 11) is 1.68. The lowest BCUT2D eigenvalue weighted by atomic mass is 10.1. The molecular formula is C19H20N2O. The molecule has 3 rings (SSSR count). The van der Waals surface area contributed by atoms with Gasteiger partial charge in [-0.1, -0.05) is 42.5 Å². The van der Waals surface area contributed by atoms with Gasteiger partial charge in [0.05, 0.1) is 12.8 Å². The average Bonchev–Trinajstić information content (AvgIpc) is 2.88. The first kappa shape index (κ1) is 14.4. The van der Waals surface area contributed by atoms with Gasteiger partial charge in [0, 0.05) is 18.5 Å². The van der Waals surface area contributed by atoms with Gasteiger partial charge in [0.15, 0.2) is 0 Å². The summed E-state index contributed by atoms with van der Waals surface area (Å²) in [5, 5.41) is 0. The van der Waals surface area contributed by atoms with Crippen molar-refractivity contribution in [3.8, 4) is 5.75 Å². The summed E-state index contributed by atoms with van der Waals surface area (Å²) in [6, 6.07) is 18.6. The van der Waals surface area contributed by atoms with Crippen molar-refractivity contribution in [2.45, 2.75) is 19.8 Å². The van der Waals surface area contributed by atoms with Crippen LogP contribution < -0.4 is 4.74 Å². The maximum atomic E-state index is 5.19. The molecule has 0 atom stereocenters. The highest BCUT2D eigenvalue weighted by Gasteiger charge is 2.08. The van der Waals surface area contributed by atoms with E-state index in [1.54, 1.807) is 7.11 Å².